The Labute approximate surface area is 131 Å². The molecule has 21 heavy (non-hydrogen) atoms. The van der Waals surface area contributed by atoms with Gasteiger partial charge >= 0.3 is 0 Å². The largest absolute Gasteiger partial charge is 0.273 e. The Morgan fingerprint density at radius 2 is 2.10 bits per heavy atom. The van der Waals surface area contributed by atoms with Crippen molar-refractivity contribution in [1.29, 1.82) is 0 Å². The van der Waals surface area contributed by atoms with Crippen molar-refractivity contribution in [3.63, 3.8) is 0 Å². The summed E-state index contributed by atoms with van der Waals surface area (Å²) in [5.41, 5.74) is 5.00. The molecule has 116 valence electrons. The van der Waals surface area contributed by atoms with E-state index in [1.165, 1.54) is 12.8 Å². The highest BCUT2D eigenvalue weighted by atomic mass is 32.1. The molecule has 2 rings (SSSR count). The van der Waals surface area contributed by atoms with Crippen LogP contribution in [0.4, 0.5) is 0 Å². The van der Waals surface area contributed by atoms with E-state index >= 15 is 0 Å². The molecule has 0 spiro atoms. The molecule has 0 radical (unpaired) electrons. The highest BCUT2D eigenvalue weighted by Gasteiger charge is 2.28. The lowest BCUT2D eigenvalue weighted by atomic mass is 9.72. The third-order valence-corrected chi connectivity index (χ3v) is 4.96. The predicted molar refractivity (Wildman–Crippen MR) is 87.5 cm³/mol. The molecule has 5 heteroatoms. The van der Waals surface area contributed by atoms with Crippen LogP contribution in [0.25, 0.3) is 0 Å². The van der Waals surface area contributed by atoms with Gasteiger partial charge in [-0.05, 0) is 43.9 Å². The third-order valence-electron chi connectivity index (χ3n) is 4.13. The summed E-state index contributed by atoms with van der Waals surface area (Å²) < 4.78 is 0. The number of rotatable bonds is 3. The summed E-state index contributed by atoms with van der Waals surface area (Å²) in [6.07, 6.45) is 4.65. The van der Waals surface area contributed by atoms with Gasteiger partial charge in [0.25, 0.3) is 0 Å². The minimum atomic E-state index is -0.0780. The number of aryl methyl sites for hydroxylation is 1. The second-order valence-electron chi connectivity index (χ2n) is 6.89. The van der Waals surface area contributed by atoms with Gasteiger partial charge in [-0.15, -0.1) is 11.3 Å². The minimum Gasteiger partial charge on any atom is -0.273 e. The summed E-state index contributed by atoms with van der Waals surface area (Å²) >= 11 is 1.57. The molecule has 0 aromatic carbocycles. The topological polar surface area (TPSA) is 54.4 Å². The number of hydrogen-bond donors (Lipinski definition) is 1. The normalized spacial score (nSPS) is 19.4. The van der Waals surface area contributed by atoms with E-state index < -0.39 is 0 Å². The number of thiazole rings is 1. The molecule has 1 aromatic heterocycles. The van der Waals surface area contributed by atoms with Gasteiger partial charge in [0.05, 0.1) is 17.1 Å². The average Bonchev–Trinajstić information content (AvgIpc) is 2.81. The van der Waals surface area contributed by atoms with Crippen LogP contribution in [0.15, 0.2) is 10.5 Å². The average molecular weight is 307 g/mol. The van der Waals surface area contributed by atoms with Crippen LogP contribution in [0.2, 0.25) is 0 Å². The fourth-order valence-corrected chi connectivity index (χ4v) is 3.38. The first-order chi connectivity index (χ1) is 9.84. The first-order valence-corrected chi connectivity index (χ1v) is 8.48. The molecule has 0 aliphatic heterocycles. The number of amides is 1. The Morgan fingerprint density at radius 3 is 2.62 bits per heavy atom. The van der Waals surface area contributed by atoms with Gasteiger partial charge in [0, 0.05) is 11.1 Å². The molecule has 1 heterocycles. The van der Waals surface area contributed by atoms with E-state index in [4.69, 9.17) is 0 Å². The van der Waals surface area contributed by atoms with Gasteiger partial charge in [-0.2, -0.15) is 5.10 Å². The Bertz CT molecular complexity index is 518. The zero-order valence-corrected chi connectivity index (χ0v) is 14.2. The summed E-state index contributed by atoms with van der Waals surface area (Å²) in [7, 11) is 0. The van der Waals surface area contributed by atoms with E-state index in [9.17, 15) is 4.79 Å². The van der Waals surface area contributed by atoms with Gasteiger partial charge in [-0.3, -0.25) is 4.79 Å². The van der Waals surface area contributed by atoms with E-state index in [1.54, 1.807) is 11.3 Å². The molecular formula is C16H25N3OS. The van der Waals surface area contributed by atoms with E-state index in [1.807, 2.05) is 12.3 Å². The summed E-state index contributed by atoms with van der Waals surface area (Å²) in [5, 5.41) is 7.21. The van der Waals surface area contributed by atoms with Gasteiger partial charge < -0.3 is 0 Å². The van der Waals surface area contributed by atoms with E-state index in [0.29, 0.717) is 11.8 Å². The smallest absolute Gasteiger partial charge is 0.246 e. The van der Waals surface area contributed by atoms with E-state index in [2.05, 4.69) is 36.3 Å². The van der Waals surface area contributed by atoms with Crippen LogP contribution in [0.3, 0.4) is 0 Å². The fraction of sp³-hybridized carbons (Fsp3) is 0.688. The number of carbonyl (C=O) groups is 1. The number of aromatic nitrogens is 1. The molecule has 0 unspecified atom stereocenters. The monoisotopic (exact) mass is 307 g/mol. The molecule has 1 aromatic rings. The van der Waals surface area contributed by atoms with Gasteiger partial charge in [0.1, 0.15) is 0 Å². The highest BCUT2D eigenvalue weighted by Crippen LogP contribution is 2.36. The molecule has 1 fully saturated rings. The van der Waals surface area contributed by atoms with Crippen LogP contribution in [0, 0.1) is 18.3 Å². The standard InChI is InChI=1S/C16H25N3OS/c1-11-17-14(10-21-11)9-15(20)19-18-13-7-5-12(6-8-13)16(2,3)4/h10,12H,5-9H2,1-4H3,(H,19,20). The minimum absolute atomic E-state index is 0.0780. The van der Waals surface area contributed by atoms with Crippen LogP contribution < -0.4 is 5.43 Å². The highest BCUT2D eigenvalue weighted by molar-refractivity contribution is 7.09. The Morgan fingerprint density at radius 1 is 1.43 bits per heavy atom. The van der Waals surface area contributed by atoms with Crippen molar-refractivity contribution in [2.75, 3.05) is 0 Å². The lowest BCUT2D eigenvalue weighted by molar-refractivity contribution is -0.120. The molecule has 4 nitrogen and oxygen atoms in total. The maximum Gasteiger partial charge on any atom is 0.246 e. The second-order valence-corrected chi connectivity index (χ2v) is 7.95. The molecule has 0 saturated heterocycles. The number of hydrogen-bond acceptors (Lipinski definition) is 4. The zero-order chi connectivity index (χ0) is 15.5. The van der Waals surface area contributed by atoms with Gasteiger partial charge in [-0.25, -0.2) is 10.4 Å². The van der Waals surface area contributed by atoms with Crippen molar-refractivity contribution in [1.82, 2.24) is 10.4 Å². The van der Waals surface area contributed by atoms with Gasteiger partial charge in [-0.1, -0.05) is 20.8 Å². The number of nitrogens with zero attached hydrogens (tertiary/aromatic N) is 2. The molecule has 1 amide bonds. The number of hydrazone groups is 1. The summed E-state index contributed by atoms with van der Waals surface area (Å²) in [6, 6.07) is 0. The molecule has 1 N–H and O–H groups in total. The van der Waals surface area contributed by atoms with Gasteiger partial charge in [0.15, 0.2) is 0 Å². The molecule has 0 bridgehead atoms. The van der Waals surface area contributed by atoms with Crippen molar-refractivity contribution in [3.05, 3.63) is 16.1 Å². The van der Waals surface area contributed by atoms with E-state index in [0.717, 1.165) is 35.2 Å². The lowest BCUT2D eigenvalue weighted by Gasteiger charge is -2.34. The SMILES string of the molecule is Cc1nc(CC(=O)NN=C2CCC(C(C)(C)C)CC2)cs1. The number of carbonyl (C=O) groups excluding carboxylic acids is 1. The van der Waals surface area contributed by atoms with Crippen molar-refractivity contribution < 1.29 is 4.79 Å². The first-order valence-electron chi connectivity index (χ1n) is 7.60. The predicted octanol–water partition coefficient (Wildman–Crippen LogP) is 3.70. The Hall–Kier alpha value is -1.23. The van der Waals surface area contributed by atoms with Crippen LogP contribution >= 0.6 is 11.3 Å². The van der Waals surface area contributed by atoms with E-state index in [-0.39, 0.29) is 5.91 Å². The van der Waals surface area contributed by atoms with Crippen molar-refractivity contribution in [2.45, 2.75) is 59.8 Å². The van der Waals surface area contributed by atoms with Crippen LogP contribution in [-0.2, 0) is 11.2 Å². The second kappa shape index (κ2) is 6.69. The molecule has 1 aliphatic rings. The lowest BCUT2D eigenvalue weighted by Crippen LogP contribution is -2.28. The number of nitrogens with one attached hydrogen (secondary N) is 1. The maximum absolute atomic E-state index is 11.8. The summed E-state index contributed by atoms with van der Waals surface area (Å²) in [5.74, 6) is 0.677. The zero-order valence-electron chi connectivity index (χ0n) is 13.4. The Balaban J connectivity index is 1.79. The third kappa shape index (κ3) is 4.92. The van der Waals surface area contributed by atoms with Crippen LogP contribution in [0.1, 0.15) is 57.2 Å². The van der Waals surface area contributed by atoms with Crippen LogP contribution in [-0.4, -0.2) is 16.6 Å². The van der Waals surface area contributed by atoms with Crippen LogP contribution in [0.5, 0.6) is 0 Å². The maximum atomic E-state index is 11.8. The molecule has 1 aliphatic carbocycles. The van der Waals surface area contributed by atoms with Crippen molar-refractivity contribution in [3.8, 4) is 0 Å². The summed E-state index contributed by atoms with van der Waals surface area (Å²) in [6.45, 7) is 8.85. The fourth-order valence-electron chi connectivity index (χ4n) is 2.76. The Kier molecular flexibility index (Phi) is 5.14. The molecule has 1 saturated carbocycles. The first kappa shape index (κ1) is 16.1. The van der Waals surface area contributed by atoms with Crippen molar-refractivity contribution in [2.24, 2.45) is 16.4 Å². The molecule has 0 atom stereocenters. The van der Waals surface area contributed by atoms with Crippen molar-refractivity contribution >= 4 is 23.0 Å². The van der Waals surface area contributed by atoms with Gasteiger partial charge in [0.2, 0.25) is 5.91 Å². The quantitative estimate of drug-likeness (QED) is 0.866. The molecular weight excluding hydrogens is 282 g/mol. The summed E-state index contributed by atoms with van der Waals surface area (Å²) in [4.78, 5) is 16.1.